The number of ether oxygens (including phenoxy) is 1. The number of pyridine rings is 1. The van der Waals surface area contributed by atoms with E-state index in [1.54, 1.807) is 12.4 Å². The second-order valence-electron chi connectivity index (χ2n) is 10.6. The van der Waals surface area contributed by atoms with Gasteiger partial charge in [0, 0.05) is 52.7 Å². The van der Waals surface area contributed by atoms with E-state index in [9.17, 15) is 4.79 Å². The van der Waals surface area contributed by atoms with Gasteiger partial charge in [0.1, 0.15) is 12.4 Å². The molecule has 190 valence electrons. The van der Waals surface area contributed by atoms with E-state index in [4.69, 9.17) is 16.3 Å². The van der Waals surface area contributed by atoms with E-state index >= 15 is 0 Å². The van der Waals surface area contributed by atoms with Crippen molar-refractivity contribution in [3.05, 3.63) is 58.5 Å². The number of rotatable bonds is 6. The predicted molar refractivity (Wildman–Crippen MR) is 145 cm³/mol. The Kier molecular flexibility index (Phi) is 6.70. The molecule has 0 saturated carbocycles. The zero-order chi connectivity index (χ0) is 25.4. The summed E-state index contributed by atoms with van der Waals surface area (Å²) in [6.45, 7) is 11.0. The van der Waals surface area contributed by atoms with Gasteiger partial charge < -0.3 is 20.4 Å². The third kappa shape index (κ3) is 4.70. The third-order valence-electron chi connectivity index (χ3n) is 7.22. The number of amides is 1. The normalized spacial score (nSPS) is 18.1. The number of carbonyl (C=O) groups excluding carboxylic acids is 1. The maximum atomic E-state index is 13.0. The highest BCUT2D eigenvalue weighted by Gasteiger charge is 2.34. The number of hydrogen-bond donors (Lipinski definition) is 3. The molecule has 1 saturated heterocycles. The van der Waals surface area contributed by atoms with Gasteiger partial charge in [-0.15, -0.1) is 0 Å². The van der Waals surface area contributed by atoms with Crippen LogP contribution in [-0.4, -0.2) is 52.1 Å². The minimum Gasteiger partial charge on any atom is -0.490 e. The number of fused-ring (bicyclic) bond motifs is 1. The van der Waals surface area contributed by atoms with Crippen LogP contribution >= 0.6 is 11.6 Å². The van der Waals surface area contributed by atoms with Crippen LogP contribution in [0.1, 0.15) is 55.2 Å². The molecule has 0 spiro atoms. The molecule has 1 aromatic carbocycles. The van der Waals surface area contributed by atoms with Crippen molar-refractivity contribution in [2.75, 3.05) is 25.0 Å². The van der Waals surface area contributed by atoms with Crippen LogP contribution in [0.4, 0.5) is 11.4 Å². The average Bonchev–Trinajstić information content (AvgIpc) is 3.46. The van der Waals surface area contributed by atoms with Crippen LogP contribution in [-0.2, 0) is 6.42 Å². The van der Waals surface area contributed by atoms with Crippen molar-refractivity contribution in [3.63, 3.8) is 0 Å². The van der Waals surface area contributed by atoms with Gasteiger partial charge in [0.2, 0.25) is 0 Å². The fourth-order valence-corrected chi connectivity index (χ4v) is 5.54. The van der Waals surface area contributed by atoms with Gasteiger partial charge in [-0.25, -0.2) is 0 Å². The third-order valence-corrected chi connectivity index (χ3v) is 7.63. The van der Waals surface area contributed by atoms with E-state index in [1.165, 1.54) is 6.42 Å². The quantitative estimate of drug-likeness (QED) is 0.398. The molecule has 1 atom stereocenters. The molecule has 0 bridgehead atoms. The molecule has 8 heteroatoms. The van der Waals surface area contributed by atoms with E-state index in [0.717, 1.165) is 53.3 Å². The summed E-state index contributed by atoms with van der Waals surface area (Å²) < 4.78 is 6.43. The summed E-state index contributed by atoms with van der Waals surface area (Å²) in [5, 5.41) is 7.16. The summed E-state index contributed by atoms with van der Waals surface area (Å²) in [5.41, 5.74) is 5.82. The van der Waals surface area contributed by atoms with E-state index < -0.39 is 0 Å². The van der Waals surface area contributed by atoms with Crippen LogP contribution in [0.3, 0.4) is 0 Å². The smallest absolute Gasteiger partial charge is 0.255 e. The summed E-state index contributed by atoms with van der Waals surface area (Å²) >= 11 is 6.40. The zero-order valence-electron chi connectivity index (χ0n) is 21.4. The van der Waals surface area contributed by atoms with Crippen LogP contribution < -0.4 is 15.4 Å². The number of carbonyl (C=O) groups is 1. The number of nitrogens with one attached hydrogen (secondary N) is 3. The molecule has 7 nitrogen and oxygen atoms in total. The van der Waals surface area contributed by atoms with Crippen molar-refractivity contribution in [3.8, 4) is 17.0 Å². The lowest BCUT2D eigenvalue weighted by molar-refractivity contribution is 0.0878. The van der Waals surface area contributed by atoms with Gasteiger partial charge in [-0.05, 0) is 70.8 Å². The van der Waals surface area contributed by atoms with Gasteiger partial charge in [-0.3, -0.25) is 14.7 Å². The number of halogens is 1. The number of nitrogens with zero attached hydrogens (tertiary/aromatic N) is 2. The molecule has 2 aliphatic heterocycles. The van der Waals surface area contributed by atoms with Crippen molar-refractivity contribution in [2.24, 2.45) is 0 Å². The van der Waals surface area contributed by atoms with Gasteiger partial charge in [-0.2, -0.15) is 0 Å². The van der Waals surface area contributed by atoms with Gasteiger partial charge in [0.15, 0.2) is 0 Å². The molecule has 36 heavy (non-hydrogen) atoms. The van der Waals surface area contributed by atoms with Crippen LogP contribution in [0.5, 0.6) is 5.75 Å². The Morgan fingerprint density at radius 3 is 2.92 bits per heavy atom. The van der Waals surface area contributed by atoms with Gasteiger partial charge in [0.25, 0.3) is 5.91 Å². The van der Waals surface area contributed by atoms with Crippen molar-refractivity contribution in [1.29, 1.82) is 0 Å². The van der Waals surface area contributed by atoms with Crippen molar-refractivity contribution >= 4 is 28.9 Å². The Morgan fingerprint density at radius 2 is 2.11 bits per heavy atom. The van der Waals surface area contributed by atoms with E-state index in [2.05, 4.69) is 46.3 Å². The molecular formula is C28H34ClN5O2. The highest BCUT2D eigenvalue weighted by atomic mass is 35.5. The fraction of sp³-hybridized carbons (Fsp3) is 0.429. The lowest BCUT2D eigenvalue weighted by atomic mass is 10.0. The zero-order valence-corrected chi connectivity index (χ0v) is 22.1. The Hall–Kier alpha value is -3.03. The number of anilines is 2. The highest BCUT2D eigenvalue weighted by Crippen LogP contribution is 2.41. The SMILES string of the molecule is Cc1c(Cl)cccc1Nc1c(-c2ccncc2OC[C@@H]2CCCN2C(C)(C)C)[nH]c2c1C(=O)NCC2. The molecule has 0 unspecified atom stereocenters. The van der Waals surface area contributed by atoms with Crippen molar-refractivity contribution in [1.82, 2.24) is 20.2 Å². The van der Waals surface area contributed by atoms with Gasteiger partial charge >= 0.3 is 0 Å². The van der Waals surface area contributed by atoms with E-state index in [-0.39, 0.29) is 11.4 Å². The number of aromatic nitrogens is 2. The van der Waals surface area contributed by atoms with Crippen LogP contribution in [0.15, 0.2) is 36.7 Å². The molecule has 2 aliphatic rings. The maximum absolute atomic E-state index is 13.0. The monoisotopic (exact) mass is 507 g/mol. The minimum absolute atomic E-state index is 0.0933. The Labute approximate surface area is 217 Å². The lowest BCUT2D eigenvalue weighted by Gasteiger charge is -2.36. The molecule has 4 heterocycles. The van der Waals surface area contributed by atoms with Crippen molar-refractivity contribution in [2.45, 2.75) is 58.5 Å². The van der Waals surface area contributed by atoms with Crippen LogP contribution in [0, 0.1) is 6.92 Å². The molecule has 0 radical (unpaired) electrons. The van der Waals surface area contributed by atoms with Crippen molar-refractivity contribution < 1.29 is 9.53 Å². The molecule has 1 fully saturated rings. The summed E-state index contributed by atoms with van der Waals surface area (Å²) in [6.07, 6.45) is 6.54. The Balaban J connectivity index is 1.52. The number of H-pyrrole nitrogens is 1. The van der Waals surface area contributed by atoms with E-state index in [1.807, 2.05) is 31.2 Å². The lowest BCUT2D eigenvalue weighted by Crippen LogP contribution is -2.46. The average molecular weight is 508 g/mol. The summed E-state index contributed by atoms with van der Waals surface area (Å²) in [4.78, 5) is 23.4. The number of benzene rings is 1. The number of likely N-dealkylation sites (tertiary alicyclic amines) is 1. The molecule has 0 aliphatic carbocycles. The van der Waals surface area contributed by atoms with Crippen LogP contribution in [0.2, 0.25) is 5.02 Å². The molecule has 5 rings (SSSR count). The minimum atomic E-state index is -0.0933. The number of aromatic amines is 1. The summed E-state index contributed by atoms with van der Waals surface area (Å²) in [6, 6.07) is 8.03. The van der Waals surface area contributed by atoms with E-state index in [0.29, 0.717) is 35.5 Å². The molecule has 3 N–H and O–H groups in total. The molecule has 2 aromatic heterocycles. The number of hydrogen-bond acceptors (Lipinski definition) is 5. The highest BCUT2D eigenvalue weighted by molar-refractivity contribution is 6.31. The second-order valence-corrected chi connectivity index (χ2v) is 11.0. The predicted octanol–water partition coefficient (Wildman–Crippen LogP) is 5.71. The summed E-state index contributed by atoms with van der Waals surface area (Å²) in [7, 11) is 0. The van der Waals surface area contributed by atoms with Gasteiger partial charge in [0.05, 0.1) is 23.1 Å². The van der Waals surface area contributed by atoms with Crippen LogP contribution in [0.25, 0.3) is 11.3 Å². The largest absolute Gasteiger partial charge is 0.490 e. The Bertz CT molecular complexity index is 1280. The maximum Gasteiger partial charge on any atom is 0.255 e. The second kappa shape index (κ2) is 9.79. The Morgan fingerprint density at radius 1 is 1.28 bits per heavy atom. The first-order chi connectivity index (χ1) is 17.2. The molecular weight excluding hydrogens is 474 g/mol. The fourth-order valence-electron chi connectivity index (χ4n) is 5.36. The van der Waals surface area contributed by atoms with Gasteiger partial charge in [-0.1, -0.05) is 17.7 Å². The first kappa shape index (κ1) is 24.7. The first-order valence-electron chi connectivity index (χ1n) is 12.6. The molecule has 1 amide bonds. The standard InChI is InChI=1S/C28H34ClN5O2/c1-17-20(29)8-5-9-21(17)32-26-24-22(11-13-31-27(24)35)33-25(26)19-10-12-30-15-23(19)36-16-18-7-6-14-34(18)28(2,3)4/h5,8-10,12,15,18,32-33H,6-7,11,13-14,16H2,1-4H3,(H,31,35)/t18-/m0/s1. The topological polar surface area (TPSA) is 82.3 Å². The summed E-state index contributed by atoms with van der Waals surface area (Å²) in [5.74, 6) is 0.604. The first-order valence-corrected chi connectivity index (χ1v) is 13.0. The molecule has 3 aromatic rings.